The largest absolute Gasteiger partial charge is 0.294 e. The third-order valence-electron chi connectivity index (χ3n) is 4.25. The second-order valence-electron chi connectivity index (χ2n) is 5.21. The molecule has 1 heteroatoms. The first-order valence-corrected chi connectivity index (χ1v) is 6.49. The number of rotatable bonds is 3. The summed E-state index contributed by atoms with van der Waals surface area (Å²) in [5.41, 5.74) is 2.35. The van der Waals surface area contributed by atoms with Gasteiger partial charge in [0.2, 0.25) is 0 Å². The predicted octanol–water partition coefficient (Wildman–Crippen LogP) is 3.94. The summed E-state index contributed by atoms with van der Waals surface area (Å²) in [6, 6.07) is 8.28. The monoisotopic (exact) mass is 214 g/mol. The molecule has 2 aliphatic carbocycles. The lowest BCUT2D eigenvalue weighted by molar-refractivity contribution is 0.0853. The van der Waals surface area contributed by atoms with E-state index in [1.807, 2.05) is 12.1 Å². The van der Waals surface area contributed by atoms with Crippen LogP contribution in [0.25, 0.3) is 0 Å². The van der Waals surface area contributed by atoms with Crippen LogP contribution in [0.3, 0.4) is 0 Å². The zero-order valence-corrected chi connectivity index (χ0v) is 9.61. The van der Waals surface area contributed by atoms with E-state index in [0.29, 0.717) is 17.6 Å². The van der Waals surface area contributed by atoms with E-state index < -0.39 is 0 Å². The van der Waals surface area contributed by atoms with Gasteiger partial charge in [0.1, 0.15) is 0 Å². The second kappa shape index (κ2) is 4.04. The molecule has 2 fully saturated rings. The maximum atomic E-state index is 12.3. The summed E-state index contributed by atoms with van der Waals surface area (Å²) in [6.45, 7) is 0. The van der Waals surface area contributed by atoms with Crippen molar-refractivity contribution in [3.63, 3.8) is 0 Å². The van der Waals surface area contributed by atoms with E-state index in [9.17, 15) is 4.79 Å². The smallest absolute Gasteiger partial charge is 0.166 e. The van der Waals surface area contributed by atoms with Crippen LogP contribution < -0.4 is 0 Å². The van der Waals surface area contributed by atoms with Gasteiger partial charge in [0, 0.05) is 11.5 Å². The Labute approximate surface area is 96.9 Å². The molecular formula is C15H18O. The highest BCUT2D eigenvalue weighted by atomic mass is 16.1. The highest BCUT2D eigenvalue weighted by Crippen LogP contribution is 2.39. The molecule has 0 atom stereocenters. The zero-order chi connectivity index (χ0) is 11.0. The maximum absolute atomic E-state index is 12.3. The van der Waals surface area contributed by atoms with E-state index in [4.69, 9.17) is 0 Å². The summed E-state index contributed by atoms with van der Waals surface area (Å²) in [5.74, 6) is 1.41. The summed E-state index contributed by atoms with van der Waals surface area (Å²) in [4.78, 5) is 12.3. The maximum Gasteiger partial charge on any atom is 0.166 e. The molecule has 0 aliphatic heterocycles. The first-order chi connectivity index (χ1) is 7.86. The molecule has 0 radical (unpaired) electrons. The van der Waals surface area contributed by atoms with Crippen molar-refractivity contribution < 1.29 is 4.79 Å². The first kappa shape index (κ1) is 10.1. The second-order valence-corrected chi connectivity index (χ2v) is 5.21. The van der Waals surface area contributed by atoms with Gasteiger partial charge in [-0.2, -0.15) is 0 Å². The van der Waals surface area contributed by atoms with Crippen molar-refractivity contribution in [2.45, 2.75) is 44.4 Å². The number of hydrogen-bond donors (Lipinski definition) is 0. The lowest BCUT2D eigenvalue weighted by atomic mass is 9.74. The van der Waals surface area contributed by atoms with Gasteiger partial charge in [0.25, 0.3) is 0 Å². The minimum Gasteiger partial charge on any atom is -0.294 e. The van der Waals surface area contributed by atoms with Crippen LogP contribution in [0, 0.1) is 5.92 Å². The lowest BCUT2D eigenvalue weighted by Crippen LogP contribution is -2.24. The Hall–Kier alpha value is -1.11. The van der Waals surface area contributed by atoms with Crippen LogP contribution in [0.4, 0.5) is 0 Å². The summed E-state index contributed by atoms with van der Waals surface area (Å²) in [6.07, 6.45) is 7.33. The molecule has 0 amide bonds. The van der Waals surface area contributed by atoms with E-state index in [-0.39, 0.29) is 0 Å². The van der Waals surface area contributed by atoms with Gasteiger partial charge < -0.3 is 0 Å². The van der Waals surface area contributed by atoms with Crippen molar-refractivity contribution in [3.05, 3.63) is 35.4 Å². The van der Waals surface area contributed by atoms with Gasteiger partial charge in [0.15, 0.2) is 5.78 Å². The molecule has 0 spiro atoms. The van der Waals surface area contributed by atoms with Gasteiger partial charge in [-0.25, -0.2) is 0 Å². The molecule has 0 heterocycles. The minimum absolute atomic E-state index is 0.334. The van der Waals surface area contributed by atoms with Crippen LogP contribution in [-0.4, -0.2) is 5.78 Å². The van der Waals surface area contributed by atoms with E-state index in [2.05, 4.69) is 12.1 Å². The molecule has 0 N–H and O–H groups in total. The number of Topliss-reactive ketones (excluding diaryl/α,β-unsaturated/α-hetero) is 1. The van der Waals surface area contributed by atoms with E-state index in [0.717, 1.165) is 18.4 Å². The molecular weight excluding hydrogens is 196 g/mol. The third kappa shape index (κ3) is 1.59. The van der Waals surface area contributed by atoms with Crippen molar-refractivity contribution in [2.75, 3.05) is 0 Å². The lowest BCUT2D eigenvalue weighted by Gasteiger charge is -2.30. The molecule has 0 bridgehead atoms. The fourth-order valence-electron chi connectivity index (χ4n) is 2.69. The fraction of sp³-hybridized carbons (Fsp3) is 0.533. The minimum atomic E-state index is 0.334. The van der Waals surface area contributed by atoms with Crippen LogP contribution in [0.5, 0.6) is 0 Å². The highest BCUT2D eigenvalue weighted by Gasteiger charge is 2.30. The predicted molar refractivity (Wildman–Crippen MR) is 64.7 cm³/mol. The molecule has 1 aromatic rings. The van der Waals surface area contributed by atoms with Crippen molar-refractivity contribution in [1.29, 1.82) is 0 Å². The van der Waals surface area contributed by atoms with Crippen LogP contribution in [0.15, 0.2) is 24.3 Å². The molecule has 0 unspecified atom stereocenters. The quantitative estimate of drug-likeness (QED) is 0.696. The fourth-order valence-corrected chi connectivity index (χ4v) is 2.69. The SMILES string of the molecule is O=C(c1ccccc1C1CCC1)C1CCC1. The average molecular weight is 214 g/mol. The Morgan fingerprint density at radius 1 is 1.00 bits per heavy atom. The van der Waals surface area contributed by atoms with Crippen molar-refractivity contribution in [1.82, 2.24) is 0 Å². The Kier molecular flexibility index (Phi) is 2.55. The van der Waals surface area contributed by atoms with E-state index in [1.165, 1.54) is 31.2 Å². The number of carbonyl (C=O) groups is 1. The normalized spacial score (nSPS) is 21.2. The standard InChI is InChI=1S/C15H18O/c16-15(12-7-4-8-12)14-10-2-1-9-13(14)11-5-3-6-11/h1-2,9-12H,3-8H2. The molecule has 0 aromatic heterocycles. The molecule has 1 aromatic carbocycles. The van der Waals surface area contributed by atoms with Gasteiger partial charge in [-0.3, -0.25) is 4.79 Å². The first-order valence-electron chi connectivity index (χ1n) is 6.49. The van der Waals surface area contributed by atoms with Gasteiger partial charge in [-0.05, 0) is 37.2 Å². The van der Waals surface area contributed by atoms with Crippen LogP contribution in [0.1, 0.15) is 60.4 Å². The Morgan fingerprint density at radius 2 is 1.69 bits per heavy atom. The van der Waals surface area contributed by atoms with Crippen molar-refractivity contribution >= 4 is 5.78 Å². The topological polar surface area (TPSA) is 17.1 Å². The van der Waals surface area contributed by atoms with E-state index >= 15 is 0 Å². The molecule has 2 saturated carbocycles. The van der Waals surface area contributed by atoms with Crippen molar-refractivity contribution in [3.8, 4) is 0 Å². The Morgan fingerprint density at radius 3 is 2.25 bits per heavy atom. The average Bonchev–Trinajstić information content (AvgIpc) is 2.13. The molecule has 0 saturated heterocycles. The molecule has 16 heavy (non-hydrogen) atoms. The number of carbonyl (C=O) groups excluding carboxylic acids is 1. The van der Waals surface area contributed by atoms with Gasteiger partial charge in [0.05, 0.1) is 0 Å². The molecule has 1 nitrogen and oxygen atoms in total. The molecule has 3 rings (SSSR count). The summed E-state index contributed by atoms with van der Waals surface area (Å²) < 4.78 is 0. The summed E-state index contributed by atoms with van der Waals surface area (Å²) >= 11 is 0. The highest BCUT2D eigenvalue weighted by molar-refractivity contribution is 5.99. The number of hydrogen-bond acceptors (Lipinski definition) is 1. The van der Waals surface area contributed by atoms with Gasteiger partial charge >= 0.3 is 0 Å². The Bertz CT molecular complexity index is 400. The van der Waals surface area contributed by atoms with Gasteiger partial charge in [-0.15, -0.1) is 0 Å². The molecule has 2 aliphatic rings. The number of benzene rings is 1. The number of ketones is 1. The van der Waals surface area contributed by atoms with Crippen LogP contribution >= 0.6 is 0 Å². The van der Waals surface area contributed by atoms with Crippen molar-refractivity contribution in [2.24, 2.45) is 5.92 Å². The summed E-state index contributed by atoms with van der Waals surface area (Å²) in [5, 5.41) is 0. The van der Waals surface area contributed by atoms with Crippen LogP contribution in [-0.2, 0) is 0 Å². The third-order valence-corrected chi connectivity index (χ3v) is 4.25. The van der Waals surface area contributed by atoms with Crippen LogP contribution in [0.2, 0.25) is 0 Å². The zero-order valence-electron chi connectivity index (χ0n) is 9.61. The molecule has 84 valence electrons. The van der Waals surface area contributed by atoms with Gasteiger partial charge in [-0.1, -0.05) is 37.1 Å². The summed E-state index contributed by atoms with van der Waals surface area (Å²) in [7, 11) is 0. The van der Waals surface area contributed by atoms with E-state index in [1.54, 1.807) is 0 Å². The Balaban J connectivity index is 1.89.